The number of allylic oxidation sites excluding steroid dienone is 1. The minimum atomic E-state index is 0.437. The molecule has 6 heteroatoms. The molecule has 0 unspecified atom stereocenters. The van der Waals surface area contributed by atoms with E-state index in [1.807, 2.05) is 29.6 Å². The third-order valence-electron chi connectivity index (χ3n) is 2.39. The summed E-state index contributed by atoms with van der Waals surface area (Å²) < 4.78 is 0. The molecule has 0 saturated heterocycles. The van der Waals surface area contributed by atoms with E-state index in [0.717, 1.165) is 11.3 Å². The summed E-state index contributed by atoms with van der Waals surface area (Å²) in [6.07, 6.45) is 1.59. The number of nitrogens with one attached hydrogen (secondary N) is 2. The summed E-state index contributed by atoms with van der Waals surface area (Å²) in [6, 6.07) is 7.53. The van der Waals surface area contributed by atoms with Crippen LogP contribution in [-0.4, -0.2) is 10.1 Å². The molecule has 2 aromatic rings. The second kappa shape index (κ2) is 6.65. The Balaban J connectivity index is 2.05. The largest absolute Gasteiger partial charge is 0.333 e. The van der Waals surface area contributed by atoms with Gasteiger partial charge in [-0.3, -0.25) is 0 Å². The van der Waals surface area contributed by atoms with E-state index in [1.165, 1.54) is 11.3 Å². The van der Waals surface area contributed by atoms with Gasteiger partial charge in [-0.05, 0) is 30.4 Å². The fourth-order valence-corrected chi connectivity index (χ4v) is 2.55. The molecule has 0 aliphatic rings. The molecule has 1 aromatic carbocycles. The number of rotatable bonds is 4. The van der Waals surface area contributed by atoms with Crippen molar-refractivity contribution >= 4 is 45.4 Å². The number of nitrogens with zero attached hydrogens (tertiary/aromatic N) is 1. The van der Waals surface area contributed by atoms with Crippen LogP contribution in [0.15, 0.2) is 54.6 Å². The number of hydrogen-bond acceptors (Lipinski definition) is 3. The molecule has 0 saturated carbocycles. The average Bonchev–Trinajstić information content (AvgIpc) is 2.87. The molecule has 3 nitrogen and oxygen atoms in total. The Morgan fingerprint density at radius 3 is 2.70 bits per heavy atom. The second-order valence-electron chi connectivity index (χ2n) is 3.85. The highest BCUT2D eigenvalue weighted by Crippen LogP contribution is 2.25. The van der Waals surface area contributed by atoms with Gasteiger partial charge in [-0.2, -0.15) is 0 Å². The van der Waals surface area contributed by atoms with Crippen molar-refractivity contribution in [3.05, 3.63) is 59.6 Å². The standard InChI is InChI=1S/C14H12ClN3S2/c1-3-9(2)16-13(19)18-14-17-12(8-20-14)10-4-6-11(15)7-5-10/h3-8H,1-2H2,(H2,16,17,18,19). The first-order valence-electron chi connectivity index (χ1n) is 5.69. The minimum Gasteiger partial charge on any atom is -0.333 e. The molecule has 0 aliphatic carbocycles. The molecule has 2 N–H and O–H groups in total. The van der Waals surface area contributed by atoms with Gasteiger partial charge in [0.2, 0.25) is 0 Å². The lowest BCUT2D eigenvalue weighted by Gasteiger charge is -2.07. The molecule has 0 spiro atoms. The van der Waals surface area contributed by atoms with Gasteiger partial charge in [-0.1, -0.05) is 36.9 Å². The Kier molecular flexibility index (Phi) is 4.89. The fourth-order valence-electron chi connectivity index (χ4n) is 1.41. The van der Waals surface area contributed by atoms with Crippen molar-refractivity contribution in [2.75, 3.05) is 5.32 Å². The number of anilines is 1. The van der Waals surface area contributed by atoms with Gasteiger partial charge in [0.05, 0.1) is 5.69 Å². The number of halogens is 1. The van der Waals surface area contributed by atoms with Crippen LogP contribution in [0.4, 0.5) is 5.13 Å². The van der Waals surface area contributed by atoms with Gasteiger partial charge in [-0.15, -0.1) is 11.3 Å². The van der Waals surface area contributed by atoms with Crippen LogP contribution in [0, 0.1) is 0 Å². The van der Waals surface area contributed by atoms with Crippen LogP contribution < -0.4 is 10.6 Å². The molecule has 0 radical (unpaired) electrons. The zero-order valence-electron chi connectivity index (χ0n) is 10.5. The maximum atomic E-state index is 5.86. The number of thiazole rings is 1. The summed E-state index contributed by atoms with van der Waals surface area (Å²) >= 11 is 12.5. The molecule has 0 fully saturated rings. The molecule has 2 rings (SSSR count). The quantitative estimate of drug-likeness (QED) is 0.644. The van der Waals surface area contributed by atoms with Gasteiger partial charge in [0.25, 0.3) is 0 Å². The Bertz CT molecular complexity index is 647. The summed E-state index contributed by atoms with van der Waals surface area (Å²) in [4.78, 5) is 4.46. The Morgan fingerprint density at radius 1 is 1.35 bits per heavy atom. The SMILES string of the molecule is C=CC(=C)NC(=S)Nc1nc(-c2ccc(Cl)cc2)cs1. The Morgan fingerprint density at radius 2 is 2.05 bits per heavy atom. The first-order chi connectivity index (χ1) is 9.58. The van der Waals surface area contributed by atoms with E-state index in [2.05, 4.69) is 28.8 Å². The smallest absolute Gasteiger partial charge is 0.189 e. The molecule has 0 atom stereocenters. The van der Waals surface area contributed by atoms with Crippen LogP contribution in [0.2, 0.25) is 5.02 Å². The Hall–Kier alpha value is -1.69. The van der Waals surface area contributed by atoms with Crippen molar-refractivity contribution < 1.29 is 0 Å². The third kappa shape index (κ3) is 3.90. The van der Waals surface area contributed by atoms with E-state index < -0.39 is 0 Å². The molecule has 0 bridgehead atoms. The fraction of sp³-hybridized carbons (Fsp3) is 0. The highest BCUT2D eigenvalue weighted by Gasteiger charge is 2.06. The highest BCUT2D eigenvalue weighted by molar-refractivity contribution is 7.80. The lowest BCUT2D eigenvalue weighted by Crippen LogP contribution is -2.26. The highest BCUT2D eigenvalue weighted by atomic mass is 35.5. The van der Waals surface area contributed by atoms with Gasteiger partial charge in [0, 0.05) is 21.7 Å². The topological polar surface area (TPSA) is 37.0 Å². The number of thiocarbonyl (C=S) groups is 1. The second-order valence-corrected chi connectivity index (χ2v) is 5.56. The van der Waals surface area contributed by atoms with Crippen LogP contribution in [0.1, 0.15) is 0 Å². The van der Waals surface area contributed by atoms with Crippen molar-refractivity contribution in [1.82, 2.24) is 10.3 Å². The van der Waals surface area contributed by atoms with Crippen LogP contribution in [0.5, 0.6) is 0 Å². The van der Waals surface area contributed by atoms with E-state index in [-0.39, 0.29) is 0 Å². The molecule has 1 heterocycles. The van der Waals surface area contributed by atoms with E-state index >= 15 is 0 Å². The van der Waals surface area contributed by atoms with Gasteiger partial charge in [0.15, 0.2) is 10.2 Å². The normalized spacial score (nSPS) is 9.85. The van der Waals surface area contributed by atoms with Crippen molar-refractivity contribution in [2.24, 2.45) is 0 Å². The van der Waals surface area contributed by atoms with Gasteiger partial charge >= 0.3 is 0 Å². The summed E-state index contributed by atoms with van der Waals surface area (Å²) in [6.45, 7) is 7.33. The van der Waals surface area contributed by atoms with Gasteiger partial charge in [0.1, 0.15) is 0 Å². The van der Waals surface area contributed by atoms with Crippen molar-refractivity contribution in [2.45, 2.75) is 0 Å². The maximum Gasteiger partial charge on any atom is 0.189 e. The summed E-state index contributed by atoms with van der Waals surface area (Å²) in [7, 11) is 0. The molecule has 0 amide bonds. The first-order valence-corrected chi connectivity index (χ1v) is 7.36. The van der Waals surface area contributed by atoms with Crippen molar-refractivity contribution in [3.63, 3.8) is 0 Å². The molecule has 102 valence electrons. The Labute approximate surface area is 132 Å². The lowest BCUT2D eigenvalue weighted by atomic mass is 10.2. The monoisotopic (exact) mass is 321 g/mol. The van der Waals surface area contributed by atoms with Crippen LogP contribution in [0.25, 0.3) is 11.3 Å². The summed E-state index contributed by atoms with van der Waals surface area (Å²) in [5, 5.41) is 9.70. The zero-order chi connectivity index (χ0) is 14.5. The first kappa shape index (κ1) is 14.7. The van der Waals surface area contributed by atoms with E-state index in [0.29, 0.717) is 21.0 Å². The number of aromatic nitrogens is 1. The number of benzene rings is 1. The van der Waals surface area contributed by atoms with E-state index in [1.54, 1.807) is 6.08 Å². The van der Waals surface area contributed by atoms with Crippen LogP contribution in [-0.2, 0) is 0 Å². The number of hydrogen-bond donors (Lipinski definition) is 2. The van der Waals surface area contributed by atoms with Crippen molar-refractivity contribution in [3.8, 4) is 11.3 Å². The average molecular weight is 322 g/mol. The summed E-state index contributed by atoms with van der Waals surface area (Å²) in [5.74, 6) is 0. The molecular weight excluding hydrogens is 310 g/mol. The predicted molar refractivity (Wildman–Crippen MR) is 91.3 cm³/mol. The van der Waals surface area contributed by atoms with E-state index in [9.17, 15) is 0 Å². The van der Waals surface area contributed by atoms with Gasteiger partial charge < -0.3 is 10.6 Å². The van der Waals surface area contributed by atoms with Crippen LogP contribution in [0.3, 0.4) is 0 Å². The zero-order valence-corrected chi connectivity index (χ0v) is 12.9. The van der Waals surface area contributed by atoms with Crippen molar-refractivity contribution in [1.29, 1.82) is 0 Å². The predicted octanol–water partition coefficient (Wildman–Crippen LogP) is 4.45. The summed E-state index contributed by atoms with van der Waals surface area (Å²) in [5.41, 5.74) is 2.52. The lowest BCUT2D eigenvalue weighted by molar-refractivity contribution is 1.21. The van der Waals surface area contributed by atoms with Crippen LogP contribution >= 0.6 is 35.2 Å². The maximum absolute atomic E-state index is 5.86. The van der Waals surface area contributed by atoms with Gasteiger partial charge in [-0.25, -0.2) is 4.98 Å². The molecular formula is C14H12ClN3S2. The molecule has 1 aromatic heterocycles. The third-order valence-corrected chi connectivity index (χ3v) is 3.60. The molecule has 20 heavy (non-hydrogen) atoms. The minimum absolute atomic E-state index is 0.437. The molecule has 0 aliphatic heterocycles. The van der Waals surface area contributed by atoms with E-state index in [4.69, 9.17) is 23.8 Å².